The highest BCUT2D eigenvalue weighted by atomic mass is 35.5. The molecule has 0 atom stereocenters. The van der Waals surface area contributed by atoms with Gasteiger partial charge >= 0.3 is 0 Å². The van der Waals surface area contributed by atoms with E-state index >= 15 is 0 Å². The van der Waals surface area contributed by atoms with E-state index in [1.54, 1.807) is 30.1 Å². The number of halogens is 1. The Hall–Kier alpha value is -2.79. The average molecular weight is 355 g/mol. The van der Waals surface area contributed by atoms with Crippen molar-refractivity contribution in [1.82, 2.24) is 4.57 Å². The topological polar surface area (TPSA) is 62.5 Å². The molecule has 5 nitrogen and oxygen atoms in total. The van der Waals surface area contributed by atoms with Crippen molar-refractivity contribution in [2.24, 2.45) is 7.05 Å². The fraction of sp³-hybridized carbons (Fsp3) is 0.158. The summed E-state index contributed by atoms with van der Waals surface area (Å²) in [4.78, 5) is 27.3. The van der Waals surface area contributed by atoms with E-state index in [4.69, 9.17) is 11.6 Å². The summed E-state index contributed by atoms with van der Waals surface area (Å²) in [5, 5.41) is 11.4. The molecule has 4 rings (SSSR count). The van der Waals surface area contributed by atoms with E-state index in [2.05, 4.69) is 0 Å². The summed E-state index contributed by atoms with van der Waals surface area (Å²) in [6.45, 7) is 0.481. The molecular weight excluding hydrogens is 340 g/mol. The Kier molecular flexibility index (Phi) is 3.54. The van der Waals surface area contributed by atoms with Crippen LogP contribution in [0.1, 0.15) is 15.9 Å². The van der Waals surface area contributed by atoms with Gasteiger partial charge in [0.15, 0.2) is 0 Å². The Labute approximate surface area is 148 Å². The third-order valence-corrected chi connectivity index (χ3v) is 4.91. The first kappa shape index (κ1) is 15.7. The number of carbonyl (C=O) groups excluding carboxylic acids is 1. The number of pyridine rings is 1. The summed E-state index contributed by atoms with van der Waals surface area (Å²) < 4.78 is 1.36. The number of amides is 1. The summed E-state index contributed by atoms with van der Waals surface area (Å²) in [7, 11) is 1.58. The first-order chi connectivity index (χ1) is 12.0. The third-order valence-electron chi connectivity index (χ3n) is 4.68. The number of aromatic nitrogens is 1. The van der Waals surface area contributed by atoms with Gasteiger partial charge in [0.25, 0.3) is 11.5 Å². The number of benzene rings is 2. The molecule has 0 bridgehead atoms. The van der Waals surface area contributed by atoms with Crippen molar-refractivity contribution in [2.75, 3.05) is 11.4 Å². The van der Waals surface area contributed by atoms with Gasteiger partial charge in [-0.05, 0) is 36.2 Å². The number of aromatic hydroxyl groups is 1. The molecule has 1 aliphatic rings. The van der Waals surface area contributed by atoms with Crippen molar-refractivity contribution < 1.29 is 9.90 Å². The van der Waals surface area contributed by atoms with Gasteiger partial charge in [0.2, 0.25) is 0 Å². The second-order valence-corrected chi connectivity index (χ2v) is 6.52. The van der Waals surface area contributed by atoms with Crippen LogP contribution in [0.3, 0.4) is 0 Å². The molecule has 0 aliphatic carbocycles. The maximum absolute atomic E-state index is 13.1. The maximum Gasteiger partial charge on any atom is 0.267 e. The van der Waals surface area contributed by atoms with Gasteiger partial charge in [-0.3, -0.25) is 9.59 Å². The minimum atomic E-state index is -0.526. The van der Waals surface area contributed by atoms with Crippen LogP contribution in [0.25, 0.3) is 10.9 Å². The zero-order valence-corrected chi connectivity index (χ0v) is 14.2. The predicted octanol–water partition coefficient (Wildman–Crippen LogP) is 3.10. The minimum Gasteiger partial charge on any atom is -0.506 e. The van der Waals surface area contributed by atoms with Crippen molar-refractivity contribution in [3.8, 4) is 5.75 Å². The van der Waals surface area contributed by atoms with Crippen molar-refractivity contribution >= 4 is 34.1 Å². The molecule has 0 saturated carbocycles. The quantitative estimate of drug-likeness (QED) is 0.730. The minimum absolute atomic E-state index is 0.228. The molecule has 0 saturated heterocycles. The number of aryl methyl sites for hydroxylation is 1. The molecule has 0 fully saturated rings. The zero-order valence-electron chi connectivity index (χ0n) is 13.5. The molecule has 0 radical (unpaired) electrons. The fourth-order valence-corrected chi connectivity index (χ4v) is 3.55. The summed E-state index contributed by atoms with van der Waals surface area (Å²) in [5.41, 5.74) is 1.59. The third kappa shape index (κ3) is 2.31. The molecule has 25 heavy (non-hydrogen) atoms. The molecule has 1 aromatic heterocycles. The number of hydrogen-bond donors (Lipinski definition) is 1. The smallest absolute Gasteiger partial charge is 0.267 e. The molecule has 2 heterocycles. The molecule has 2 aromatic carbocycles. The summed E-state index contributed by atoms with van der Waals surface area (Å²) in [6.07, 6.45) is 0.725. The first-order valence-electron chi connectivity index (χ1n) is 7.90. The lowest BCUT2D eigenvalue weighted by atomic mass is 10.1. The molecule has 1 aliphatic heterocycles. The fourth-order valence-electron chi connectivity index (χ4n) is 3.38. The van der Waals surface area contributed by atoms with E-state index < -0.39 is 11.5 Å². The molecule has 6 heteroatoms. The average Bonchev–Trinajstić information content (AvgIpc) is 3.04. The Balaban J connectivity index is 1.93. The lowest BCUT2D eigenvalue weighted by Gasteiger charge is -2.19. The Morgan fingerprint density at radius 2 is 1.96 bits per heavy atom. The lowest BCUT2D eigenvalue weighted by Crippen LogP contribution is -2.35. The number of nitrogens with zero attached hydrogens (tertiary/aromatic N) is 2. The Bertz CT molecular complexity index is 1090. The highest BCUT2D eigenvalue weighted by Crippen LogP contribution is 2.33. The van der Waals surface area contributed by atoms with Crippen LogP contribution in [0.2, 0.25) is 5.02 Å². The first-order valence-corrected chi connectivity index (χ1v) is 8.28. The van der Waals surface area contributed by atoms with Crippen LogP contribution in [0.4, 0.5) is 5.69 Å². The lowest BCUT2D eigenvalue weighted by molar-refractivity contribution is 0.0985. The van der Waals surface area contributed by atoms with Gasteiger partial charge in [-0.1, -0.05) is 29.8 Å². The van der Waals surface area contributed by atoms with Crippen molar-refractivity contribution in [2.45, 2.75) is 6.42 Å². The molecule has 126 valence electrons. The number of anilines is 1. The van der Waals surface area contributed by atoms with Crippen LogP contribution in [-0.4, -0.2) is 22.1 Å². The van der Waals surface area contributed by atoms with Crippen LogP contribution < -0.4 is 10.5 Å². The zero-order chi connectivity index (χ0) is 17.7. The molecular formula is C19H15ClN2O3. The SMILES string of the molecule is Cn1c(=O)c(C(=O)N2CCc3ccccc32)c(O)c2cc(Cl)ccc21. The Morgan fingerprint density at radius 1 is 1.20 bits per heavy atom. The van der Waals surface area contributed by atoms with Crippen LogP contribution in [-0.2, 0) is 13.5 Å². The number of carbonyl (C=O) groups is 1. The van der Waals surface area contributed by atoms with Gasteiger partial charge < -0.3 is 14.6 Å². The molecule has 1 N–H and O–H groups in total. The summed E-state index contributed by atoms with van der Waals surface area (Å²) in [5.74, 6) is -0.820. The molecule has 0 unspecified atom stereocenters. The molecule has 3 aromatic rings. The van der Waals surface area contributed by atoms with Gasteiger partial charge in [0, 0.05) is 29.7 Å². The standard InChI is InChI=1S/C19H15ClN2O3/c1-21-15-7-6-12(20)10-13(15)17(23)16(18(21)24)19(25)22-9-8-11-4-2-3-5-14(11)22/h2-7,10,23H,8-9H2,1H3. The Morgan fingerprint density at radius 3 is 2.76 bits per heavy atom. The van der Waals surface area contributed by atoms with E-state index in [0.717, 1.165) is 17.7 Å². The number of hydrogen-bond acceptors (Lipinski definition) is 3. The van der Waals surface area contributed by atoms with Gasteiger partial charge in [-0.25, -0.2) is 0 Å². The highest BCUT2D eigenvalue weighted by molar-refractivity contribution is 6.31. The maximum atomic E-state index is 13.1. The van der Waals surface area contributed by atoms with Crippen molar-refractivity contribution in [3.63, 3.8) is 0 Å². The van der Waals surface area contributed by atoms with Gasteiger partial charge in [0.05, 0.1) is 5.52 Å². The summed E-state index contributed by atoms with van der Waals surface area (Å²) in [6, 6.07) is 12.4. The van der Waals surface area contributed by atoms with Crippen molar-refractivity contribution in [1.29, 1.82) is 0 Å². The number of para-hydroxylation sites is 1. The van der Waals surface area contributed by atoms with Gasteiger partial charge in [-0.15, -0.1) is 0 Å². The van der Waals surface area contributed by atoms with Crippen molar-refractivity contribution in [3.05, 3.63) is 69.0 Å². The van der Waals surface area contributed by atoms with Crippen LogP contribution in [0.15, 0.2) is 47.3 Å². The van der Waals surface area contributed by atoms with E-state index in [9.17, 15) is 14.7 Å². The normalized spacial score (nSPS) is 13.3. The second-order valence-electron chi connectivity index (χ2n) is 6.08. The van der Waals surface area contributed by atoms with E-state index in [-0.39, 0.29) is 11.3 Å². The second kappa shape index (κ2) is 5.63. The molecule has 1 amide bonds. The van der Waals surface area contributed by atoms with Gasteiger partial charge in [-0.2, -0.15) is 0 Å². The predicted molar refractivity (Wildman–Crippen MR) is 97.7 cm³/mol. The van der Waals surface area contributed by atoms with Crippen LogP contribution in [0, 0.1) is 0 Å². The van der Waals surface area contributed by atoms with Gasteiger partial charge in [0.1, 0.15) is 11.3 Å². The van der Waals surface area contributed by atoms with E-state index in [1.807, 2.05) is 24.3 Å². The van der Waals surface area contributed by atoms with E-state index in [0.29, 0.717) is 22.5 Å². The number of fused-ring (bicyclic) bond motifs is 2. The van der Waals surface area contributed by atoms with Crippen LogP contribution in [0.5, 0.6) is 5.75 Å². The molecule has 0 spiro atoms. The highest BCUT2D eigenvalue weighted by Gasteiger charge is 2.30. The van der Waals surface area contributed by atoms with Crippen LogP contribution >= 0.6 is 11.6 Å². The number of rotatable bonds is 1. The van der Waals surface area contributed by atoms with E-state index in [1.165, 1.54) is 4.57 Å². The largest absolute Gasteiger partial charge is 0.506 e. The monoisotopic (exact) mass is 354 g/mol. The summed E-state index contributed by atoms with van der Waals surface area (Å²) >= 11 is 6.01.